The van der Waals surface area contributed by atoms with Gasteiger partial charge in [-0.2, -0.15) is 0 Å². The number of methoxy groups -OCH3 is 2. The van der Waals surface area contributed by atoms with Crippen LogP contribution in [0.3, 0.4) is 0 Å². The lowest BCUT2D eigenvalue weighted by Crippen LogP contribution is -2.60. The van der Waals surface area contributed by atoms with Gasteiger partial charge in [0.15, 0.2) is 0 Å². The maximum Gasteiger partial charge on any atom is 0.324 e. The van der Waals surface area contributed by atoms with E-state index in [-0.39, 0.29) is 60.3 Å². The van der Waals surface area contributed by atoms with Gasteiger partial charge < -0.3 is 29.0 Å². The smallest absolute Gasteiger partial charge is 0.324 e. The van der Waals surface area contributed by atoms with Crippen molar-refractivity contribution in [1.82, 2.24) is 35.2 Å². The van der Waals surface area contributed by atoms with E-state index in [1.54, 1.807) is 14.2 Å². The third-order valence-corrected chi connectivity index (χ3v) is 16.2. The second-order valence-corrected chi connectivity index (χ2v) is 22.0. The molecule has 1 aromatic carbocycles. The van der Waals surface area contributed by atoms with Crippen molar-refractivity contribution in [3.05, 3.63) is 51.6 Å². The number of aryl methyl sites for hydroxylation is 2. The zero-order valence-electron chi connectivity index (χ0n) is 40.5. The normalized spacial score (nSPS) is 25.4. The summed E-state index contributed by atoms with van der Waals surface area (Å²) in [4.78, 5) is 57.3. The quantitative estimate of drug-likeness (QED) is 0.159. The van der Waals surface area contributed by atoms with E-state index in [2.05, 4.69) is 97.2 Å². The van der Waals surface area contributed by atoms with Crippen molar-refractivity contribution in [3.8, 4) is 22.5 Å². The number of thiazole rings is 1. The van der Waals surface area contributed by atoms with E-state index in [0.717, 1.165) is 97.4 Å². The van der Waals surface area contributed by atoms with E-state index in [9.17, 15) is 14.4 Å². The summed E-state index contributed by atoms with van der Waals surface area (Å²) >= 11 is 1.52. The van der Waals surface area contributed by atoms with Crippen LogP contribution in [0.1, 0.15) is 102 Å². The van der Waals surface area contributed by atoms with Crippen LogP contribution in [0.25, 0.3) is 33.4 Å². The number of nitrogens with one attached hydrogen (secondary N) is 2. The van der Waals surface area contributed by atoms with Gasteiger partial charge in [-0.25, -0.2) is 10.4 Å². The molecule has 1 aliphatic carbocycles. The minimum atomic E-state index is -0.839. The molecule has 14 nitrogen and oxygen atoms in total. The molecule has 6 bridgehead atoms. The molecule has 2 saturated heterocycles. The van der Waals surface area contributed by atoms with Gasteiger partial charge in [0, 0.05) is 99.7 Å². The van der Waals surface area contributed by atoms with E-state index in [1.807, 2.05) is 6.20 Å². The Morgan fingerprint density at radius 3 is 2.56 bits per heavy atom. The predicted octanol–water partition coefficient (Wildman–Crippen LogP) is 6.97. The molecule has 1 saturated carbocycles. The number of hydrogen-bond donors (Lipinski definition) is 2. The number of hydrazine groups is 1. The molecule has 15 heteroatoms. The molecule has 4 aromatic rings. The van der Waals surface area contributed by atoms with Gasteiger partial charge >= 0.3 is 5.97 Å². The molecular formula is C51H70N8O6S. The van der Waals surface area contributed by atoms with Crippen LogP contribution < -0.4 is 15.6 Å². The number of pyridine rings is 1. The summed E-state index contributed by atoms with van der Waals surface area (Å²) in [7, 11) is 3.54. The number of carbonyl (C=O) groups is 3. The van der Waals surface area contributed by atoms with Crippen LogP contribution in [0.4, 0.5) is 5.69 Å². The largest absolute Gasteiger partial charge is 0.464 e. The lowest BCUT2D eigenvalue weighted by Gasteiger charge is -2.37. The van der Waals surface area contributed by atoms with Crippen molar-refractivity contribution in [2.45, 2.75) is 124 Å². The van der Waals surface area contributed by atoms with Gasteiger partial charge in [0.2, 0.25) is 5.91 Å². The van der Waals surface area contributed by atoms with Crippen LogP contribution >= 0.6 is 11.3 Å². The van der Waals surface area contributed by atoms with Crippen molar-refractivity contribution < 1.29 is 28.6 Å². The van der Waals surface area contributed by atoms with E-state index in [1.165, 1.54) is 38.4 Å². The van der Waals surface area contributed by atoms with Crippen LogP contribution in [-0.4, -0.2) is 120 Å². The number of anilines is 1. The van der Waals surface area contributed by atoms with Crippen molar-refractivity contribution in [2.75, 3.05) is 65.0 Å². The second kappa shape index (κ2) is 18.6. The maximum absolute atomic E-state index is 14.3. The predicted molar refractivity (Wildman–Crippen MR) is 258 cm³/mol. The number of piperazine rings is 1. The van der Waals surface area contributed by atoms with Gasteiger partial charge in [0.1, 0.15) is 12.1 Å². The number of aromatic nitrogens is 3. The van der Waals surface area contributed by atoms with Crippen LogP contribution in [0.15, 0.2) is 29.8 Å². The van der Waals surface area contributed by atoms with Gasteiger partial charge in [-0.3, -0.25) is 29.3 Å². The first-order valence-electron chi connectivity index (χ1n) is 24.3. The topological polar surface area (TPSA) is 143 Å². The molecule has 6 atom stereocenters. The number of hydrogen-bond acceptors (Lipinski definition) is 12. The third-order valence-electron chi connectivity index (χ3n) is 15.3. The van der Waals surface area contributed by atoms with Gasteiger partial charge in [0.25, 0.3) is 5.91 Å². The fourth-order valence-electron chi connectivity index (χ4n) is 10.7. The highest BCUT2D eigenvalue weighted by molar-refractivity contribution is 7.10. The molecule has 356 valence electrons. The number of benzene rings is 1. The first-order chi connectivity index (χ1) is 31.5. The van der Waals surface area contributed by atoms with Gasteiger partial charge in [-0.05, 0) is 100 Å². The summed E-state index contributed by atoms with van der Waals surface area (Å²) in [5.74, 6) is -0.356. The molecule has 5 aliphatic rings. The summed E-state index contributed by atoms with van der Waals surface area (Å²) in [6.07, 6.45) is 6.71. The van der Waals surface area contributed by atoms with E-state index in [0.29, 0.717) is 25.8 Å². The molecule has 0 radical (unpaired) electrons. The molecule has 7 heterocycles. The molecule has 2 N–H and O–H groups in total. The molecule has 4 aliphatic heterocycles. The molecule has 9 rings (SSSR count). The number of rotatable bonds is 10. The summed E-state index contributed by atoms with van der Waals surface area (Å²) in [6, 6.07) is 5.41. The van der Waals surface area contributed by atoms with Gasteiger partial charge in [0.05, 0.1) is 57.8 Å². The summed E-state index contributed by atoms with van der Waals surface area (Å²) in [5.41, 5.74) is 12.4. The Kier molecular flexibility index (Phi) is 13.1. The standard InChI is InChI=1S/C51H70N8O6S/c1-30-31(2)43(30)47(60)54-40-25-42-53-41(28-66-42)34-22-33-12-10-15-58-45(33)36(23-34)38(26-50(4,5)29-65-49(62)39-13-11-16-59(55-39)48(40)61)46(58)37-24-35(27-52-44(37)32(3)63-8)57-20-18-56(19-21-57)17-14-51(6,7)64-9/h22-24,27-28,30-32,39-40,43,55H,10-21,25-26,29H2,1-9H3,(H,54,60)/t30-,31+,32-,39-,40-,43?/m0/s1. The Balaban J connectivity index is 1.13. The molecule has 2 amide bonds. The molecule has 1 unspecified atom stereocenters. The molecule has 3 aromatic heterocycles. The number of cyclic esters (lactones) is 1. The lowest BCUT2D eigenvalue weighted by molar-refractivity contribution is -0.155. The molecule has 0 spiro atoms. The van der Waals surface area contributed by atoms with Crippen LogP contribution in [0, 0.1) is 23.2 Å². The Morgan fingerprint density at radius 1 is 1.06 bits per heavy atom. The number of ether oxygens (including phenoxy) is 3. The van der Waals surface area contributed by atoms with Crippen molar-refractivity contribution in [3.63, 3.8) is 0 Å². The number of esters is 1. The van der Waals surface area contributed by atoms with Crippen molar-refractivity contribution in [2.24, 2.45) is 23.2 Å². The minimum Gasteiger partial charge on any atom is -0.464 e. The van der Waals surface area contributed by atoms with Crippen molar-refractivity contribution in [1.29, 1.82) is 0 Å². The highest BCUT2D eigenvalue weighted by Crippen LogP contribution is 2.47. The Labute approximate surface area is 394 Å². The highest BCUT2D eigenvalue weighted by atomic mass is 32.1. The number of nitrogens with zero attached hydrogens (tertiary/aromatic N) is 6. The van der Waals surface area contributed by atoms with Crippen LogP contribution in [0.2, 0.25) is 0 Å². The molecular weight excluding hydrogens is 853 g/mol. The van der Waals surface area contributed by atoms with Crippen molar-refractivity contribution >= 4 is 45.7 Å². The number of carbonyl (C=O) groups excluding carboxylic acids is 3. The van der Waals surface area contributed by atoms with E-state index >= 15 is 0 Å². The monoisotopic (exact) mass is 923 g/mol. The molecule has 66 heavy (non-hydrogen) atoms. The Bertz CT molecular complexity index is 2460. The minimum absolute atomic E-state index is 0.107. The average Bonchev–Trinajstić information content (AvgIpc) is 3.57. The fraction of sp³-hybridized carbons (Fsp3) is 0.627. The number of amides is 2. The first kappa shape index (κ1) is 46.7. The third kappa shape index (κ3) is 9.39. The Morgan fingerprint density at radius 2 is 1.83 bits per heavy atom. The summed E-state index contributed by atoms with van der Waals surface area (Å²) in [6.45, 7) is 21.1. The van der Waals surface area contributed by atoms with Gasteiger partial charge in [-0.1, -0.05) is 27.7 Å². The summed E-state index contributed by atoms with van der Waals surface area (Å²) in [5, 5.41) is 8.65. The van der Waals surface area contributed by atoms with E-state index < -0.39 is 17.5 Å². The van der Waals surface area contributed by atoms with Crippen LogP contribution in [-0.2, 0) is 54.4 Å². The zero-order valence-corrected chi connectivity index (χ0v) is 41.3. The van der Waals surface area contributed by atoms with E-state index in [4.69, 9.17) is 24.2 Å². The lowest BCUT2D eigenvalue weighted by atomic mass is 9.84. The number of fused-ring (bicyclic) bond motifs is 6. The zero-order chi connectivity index (χ0) is 46.7. The average molecular weight is 923 g/mol. The SMILES string of the molecule is CO[C@@H](C)c1ncc(N2CCN(CCC(C)(C)OC)CC2)cc1-c1c2c3cc(cc4c3n1CCC4)-c1csc(n1)C[C@H](NC(=O)C1[C@@H](C)[C@H]1C)C(=O)N1CCC[C@H](N1)C(=O)OCC(C)(C)C2. The fourth-order valence-corrected chi connectivity index (χ4v) is 11.5. The maximum atomic E-state index is 14.3. The highest BCUT2D eigenvalue weighted by Gasteiger charge is 2.49. The first-order valence-corrected chi connectivity index (χ1v) is 25.2. The van der Waals surface area contributed by atoms with Crippen LogP contribution in [0.5, 0.6) is 0 Å². The summed E-state index contributed by atoms with van der Waals surface area (Å²) < 4.78 is 20.5. The Hall–Kier alpha value is -4.41. The second-order valence-electron chi connectivity index (χ2n) is 21.1. The molecule has 3 fully saturated rings. The van der Waals surface area contributed by atoms with Gasteiger partial charge in [-0.15, -0.1) is 11.3 Å².